The number of ether oxygens (including phenoxy) is 1. The van der Waals surface area contributed by atoms with E-state index in [1.807, 2.05) is 31.2 Å². The third-order valence-electron chi connectivity index (χ3n) is 4.21. The first-order chi connectivity index (χ1) is 12.3. The average molecular weight is 396 g/mol. The van der Waals surface area contributed by atoms with Crippen molar-refractivity contribution in [3.63, 3.8) is 0 Å². The number of fused-ring (bicyclic) bond motifs is 1. The molecule has 1 aromatic carbocycles. The molecular weight excluding hydrogens is 378 g/mol. The summed E-state index contributed by atoms with van der Waals surface area (Å²) in [7, 11) is 1.20. The number of nitrogens with one attached hydrogen (secondary N) is 1. The zero-order chi connectivity index (χ0) is 19.0. The molecule has 2 amide bonds. The minimum absolute atomic E-state index is 0.0515. The van der Waals surface area contributed by atoms with Gasteiger partial charge in [-0.3, -0.25) is 14.5 Å². The van der Waals surface area contributed by atoms with Gasteiger partial charge in [0.1, 0.15) is 22.5 Å². The van der Waals surface area contributed by atoms with E-state index < -0.39 is 28.7 Å². The first-order valence-electron chi connectivity index (χ1n) is 7.90. The Bertz CT molecular complexity index is 796. The predicted molar refractivity (Wildman–Crippen MR) is 97.9 cm³/mol. The summed E-state index contributed by atoms with van der Waals surface area (Å²) in [6, 6.07) is 6.86. The number of esters is 1. The molecule has 7 nitrogen and oxygen atoms in total. The SMILES string of the molecule is COC(=O)C1=C(Cl)C(NC(=O)Cc2ccc(C)cc2)S[C@@H]2C(N)C(=O)N12. The molecule has 3 N–H and O–H groups in total. The van der Waals surface area contributed by atoms with E-state index >= 15 is 0 Å². The number of carbonyl (C=O) groups is 3. The smallest absolute Gasteiger partial charge is 0.356 e. The molecule has 138 valence electrons. The number of aryl methyl sites for hydroxylation is 1. The van der Waals surface area contributed by atoms with Crippen LogP contribution in [0.3, 0.4) is 0 Å². The van der Waals surface area contributed by atoms with Crippen molar-refractivity contribution < 1.29 is 19.1 Å². The van der Waals surface area contributed by atoms with Crippen LogP contribution in [0, 0.1) is 6.92 Å². The Balaban J connectivity index is 1.78. The highest BCUT2D eigenvalue weighted by atomic mass is 35.5. The highest BCUT2D eigenvalue weighted by Crippen LogP contribution is 2.44. The minimum Gasteiger partial charge on any atom is -0.464 e. The van der Waals surface area contributed by atoms with E-state index in [4.69, 9.17) is 22.1 Å². The second-order valence-electron chi connectivity index (χ2n) is 6.06. The normalized spacial score (nSPS) is 24.7. The van der Waals surface area contributed by atoms with Gasteiger partial charge in [-0.15, -0.1) is 11.8 Å². The lowest BCUT2D eigenvalue weighted by Crippen LogP contribution is -2.69. The van der Waals surface area contributed by atoms with Crippen molar-refractivity contribution >= 4 is 41.1 Å². The Morgan fingerprint density at radius 1 is 1.35 bits per heavy atom. The molecule has 2 unspecified atom stereocenters. The molecule has 3 rings (SSSR count). The minimum atomic E-state index is -0.749. The lowest BCUT2D eigenvalue weighted by molar-refractivity contribution is -0.149. The van der Waals surface area contributed by atoms with Gasteiger partial charge in [-0.05, 0) is 12.5 Å². The molecule has 26 heavy (non-hydrogen) atoms. The lowest BCUT2D eigenvalue weighted by Gasteiger charge is -2.49. The molecule has 2 heterocycles. The number of carbonyl (C=O) groups excluding carboxylic acids is 3. The number of amides is 2. The molecule has 0 aromatic heterocycles. The first kappa shape index (κ1) is 18.8. The Hall–Kier alpha value is -2.03. The van der Waals surface area contributed by atoms with Gasteiger partial charge < -0.3 is 15.8 Å². The standard InChI is InChI=1S/C17H18ClN3O4S/c1-8-3-5-9(6-4-8)7-10(22)20-14-11(18)13(17(24)25-2)21-15(23)12(19)16(21)26-14/h3-6,12,14,16H,7,19H2,1-2H3,(H,20,22)/t12?,14?,16-/m1/s1. The Labute approximate surface area is 159 Å². The van der Waals surface area contributed by atoms with Gasteiger partial charge in [0.05, 0.1) is 18.6 Å². The number of nitrogens with two attached hydrogens (primary N) is 1. The quantitative estimate of drug-likeness (QED) is 0.578. The Morgan fingerprint density at radius 3 is 2.62 bits per heavy atom. The highest BCUT2D eigenvalue weighted by Gasteiger charge is 2.54. The van der Waals surface area contributed by atoms with Crippen LogP contribution in [0.2, 0.25) is 0 Å². The number of hydrogen-bond donors (Lipinski definition) is 2. The van der Waals surface area contributed by atoms with Crippen LogP contribution in [-0.2, 0) is 25.5 Å². The fourth-order valence-corrected chi connectivity index (χ4v) is 4.49. The van der Waals surface area contributed by atoms with E-state index in [-0.39, 0.29) is 23.1 Å². The number of hydrogen-bond acceptors (Lipinski definition) is 6. The van der Waals surface area contributed by atoms with E-state index in [0.717, 1.165) is 11.1 Å². The van der Waals surface area contributed by atoms with Crippen LogP contribution in [0.4, 0.5) is 0 Å². The van der Waals surface area contributed by atoms with E-state index in [2.05, 4.69) is 5.32 Å². The Kier molecular flexibility index (Phi) is 5.27. The summed E-state index contributed by atoms with van der Waals surface area (Å²) in [6.07, 6.45) is 0.175. The molecule has 0 bridgehead atoms. The highest BCUT2D eigenvalue weighted by molar-refractivity contribution is 8.01. The molecule has 1 aromatic rings. The van der Waals surface area contributed by atoms with Crippen LogP contribution in [-0.4, -0.2) is 46.6 Å². The van der Waals surface area contributed by atoms with Crippen LogP contribution in [0.15, 0.2) is 35.0 Å². The largest absolute Gasteiger partial charge is 0.464 e. The fourth-order valence-electron chi connectivity index (χ4n) is 2.79. The number of β-lactam (4-membered cyclic amide) rings is 1. The van der Waals surface area contributed by atoms with Crippen molar-refractivity contribution in [2.24, 2.45) is 5.73 Å². The van der Waals surface area contributed by atoms with Crippen LogP contribution < -0.4 is 11.1 Å². The first-order valence-corrected chi connectivity index (χ1v) is 9.22. The van der Waals surface area contributed by atoms with Gasteiger partial charge in [0.2, 0.25) is 11.8 Å². The van der Waals surface area contributed by atoms with E-state index in [1.165, 1.54) is 23.8 Å². The number of thioether (sulfide) groups is 1. The summed E-state index contributed by atoms with van der Waals surface area (Å²) in [5, 5.41) is 1.70. The Morgan fingerprint density at radius 2 is 2.00 bits per heavy atom. The van der Waals surface area contributed by atoms with Crippen molar-refractivity contribution in [2.45, 2.75) is 30.1 Å². The van der Waals surface area contributed by atoms with E-state index in [1.54, 1.807) is 0 Å². The van der Waals surface area contributed by atoms with Gasteiger partial charge in [-0.1, -0.05) is 41.4 Å². The van der Waals surface area contributed by atoms with Crippen LogP contribution in [0.25, 0.3) is 0 Å². The molecule has 9 heteroatoms. The number of nitrogens with zero attached hydrogens (tertiary/aromatic N) is 1. The third kappa shape index (κ3) is 3.32. The predicted octanol–water partition coefficient (Wildman–Crippen LogP) is 0.846. The number of methoxy groups -OCH3 is 1. The molecule has 0 aliphatic carbocycles. The summed E-state index contributed by atoms with van der Waals surface area (Å²) in [6.45, 7) is 1.97. The lowest BCUT2D eigenvalue weighted by atomic mass is 10.1. The van der Waals surface area contributed by atoms with Crippen molar-refractivity contribution in [2.75, 3.05) is 7.11 Å². The van der Waals surface area contributed by atoms with E-state index in [0.29, 0.717) is 0 Å². The topological polar surface area (TPSA) is 102 Å². The zero-order valence-electron chi connectivity index (χ0n) is 14.2. The number of benzene rings is 1. The molecule has 3 atom stereocenters. The summed E-state index contributed by atoms with van der Waals surface area (Å²) in [5.74, 6) is -1.38. The summed E-state index contributed by atoms with van der Waals surface area (Å²) < 4.78 is 4.72. The average Bonchev–Trinajstić information content (AvgIpc) is 2.63. The monoisotopic (exact) mass is 395 g/mol. The van der Waals surface area contributed by atoms with Gasteiger partial charge in [-0.25, -0.2) is 4.79 Å². The van der Waals surface area contributed by atoms with Crippen molar-refractivity contribution in [3.05, 3.63) is 46.1 Å². The van der Waals surface area contributed by atoms with Crippen LogP contribution >= 0.6 is 23.4 Å². The zero-order valence-corrected chi connectivity index (χ0v) is 15.8. The van der Waals surface area contributed by atoms with Crippen molar-refractivity contribution in [3.8, 4) is 0 Å². The summed E-state index contributed by atoms with van der Waals surface area (Å²) in [4.78, 5) is 37.6. The summed E-state index contributed by atoms with van der Waals surface area (Å²) >= 11 is 7.53. The van der Waals surface area contributed by atoms with Gasteiger partial charge >= 0.3 is 5.97 Å². The van der Waals surface area contributed by atoms with Crippen molar-refractivity contribution in [1.29, 1.82) is 0 Å². The van der Waals surface area contributed by atoms with Gasteiger partial charge in [-0.2, -0.15) is 0 Å². The number of rotatable bonds is 4. The van der Waals surface area contributed by atoms with Gasteiger partial charge in [0, 0.05) is 0 Å². The van der Waals surface area contributed by atoms with E-state index in [9.17, 15) is 14.4 Å². The number of halogens is 1. The maximum atomic E-state index is 12.4. The van der Waals surface area contributed by atoms with Crippen molar-refractivity contribution in [1.82, 2.24) is 10.2 Å². The maximum absolute atomic E-state index is 12.4. The van der Waals surface area contributed by atoms with Gasteiger partial charge in [0.15, 0.2) is 0 Å². The molecule has 0 radical (unpaired) electrons. The molecular formula is C17H18ClN3O4S. The molecule has 1 fully saturated rings. The van der Waals surface area contributed by atoms with Crippen LogP contribution in [0.1, 0.15) is 11.1 Å². The van der Waals surface area contributed by atoms with Crippen LogP contribution in [0.5, 0.6) is 0 Å². The molecule has 2 aliphatic heterocycles. The molecule has 0 saturated carbocycles. The molecule has 1 saturated heterocycles. The third-order valence-corrected chi connectivity index (χ3v) is 6.15. The second-order valence-corrected chi connectivity index (χ2v) is 7.69. The van der Waals surface area contributed by atoms with Gasteiger partial charge in [0.25, 0.3) is 0 Å². The summed E-state index contributed by atoms with van der Waals surface area (Å²) in [5.41, 5.74) is 7.72. The molecule has 0 spiro atoms. The molecule has 2 aliphatic rings. The second kappa shape index (κ2) is 7.30. The maximum Gasteiger partial charge on any atom is 0.356 e. The fraction of sp³-hybridized carbons (Fsp3) is 0.353.